The first-order valence-corrected chi connectivity index (χ1v) is 8.04. The maximum absolute atomic E-state index is 11.8. The summed E-state index contributed by atoms with van der Waals surface area (Å²) in [6, 6.07) is 11.6. The molecule has 0 spiro atoms. The molecule has 6 heteroatoms. The van der Waals surface area contributed by atoms with Crippen molar-refractivity contribution in [2.75, 3.05) is 13.7 Å². The molecule has 134 valence electrons. The van der Waals surface area contributed by atoms with E-state index in [-0.39, 0.29) is 18.1 Å². The second kappa shape index (κ2) is 9.44. The number of carbonyl (C=O) groups is 2. The predicted octanol–water partition coefficient (Wildman–Crippen LogP) is 3.89. The van der Waals surface area contributed by atoms with Crippen LogP contribution >= 0.6 is 11.6 Å². The number of rotatable bonds is 7. The van der Waals surface area contributed by atoms with E-state index in [4.69, 9.17) is 21.1 Å². The molecule has 26 heavy (non-hydrogen) atoms. The Labute approximate surface area is 156 Å². The molecule has 0 bridgehead atoms. The summed E-state index contributed by atoms with van der Waals surface area (Å²) in [5, 5.41) is 10.1. The Hall–Kier alpha value is -3.05. The fourth-order valence-corrected chi connectivity index (χ4v) is 2.09. The summed E-state index contributed by atoms with van der Waals surface area (Å²) in [7, 11) is 1.44. The van der Waals surface area contributed by atoms with Gasteiger partial charge in [-0.1, -0.05) is 35.9 Å². The molecule has 0 aliphatic rings. The van der Waals surface area contributed by atoms with Crippen LogP contribution in [0.15, 0.2) is 54.6 Å². The van der Waals surface area contributed by atoms with Crippen LogP contribution in [0.25, 0.3) is 12.2 Å². The van der Waals surface area contributed by atoms with Crippen LogP contribution < -0.4 is 4.74 Å². The summed E-state index contributed by atoms with van der Waals surface area (Å²) in [6.45, 7) is -0.366. The molecule has 0 aliphatic carbocycles. The monoisotopic (exact) mass is 372 g/mol. The number of ketones is 1. The first kappa shape index (κ1) is 19.3. The Balaban J connectivity index is 1.84. The predicted molar refractivity (Wildman–Crippen MR) is 100 cm³/mol. The van der Waals surface area contributed by atoms with Crippen LogP contribution in [0.4, 0.5) is 0 Å². The van der Waals surface area contributed by atoms with Crippen molar-refractivity contribution < 1.29 is 24.2 Å². The molecule has 2 aromatic rings. The second-order valence-corrected chi connectivity index (χ2v) is 5.66. The fraction of sp³-hybridized carbons (Fsp3) is 0.100. The van der Waals surface area contributed by atoms with E-state index in [1.54, 1.807) is 48.6 Å². The van der Waals surface area contributed by atoms with Gasteiger partial charge >= 0.3 is 5.97 Å². The topological polar surface area (TPSA) is 72.8 Å². The van der Waals surface area contributed by atoms with Crippen LogP contribution in [0.5, 0.6) is 11.5 Å². The number of benzene rings is 2. The molecule has 0 radical (unpaired) electrons. The summed E-state index contributed by atoms with van der Waals surface area (Å²) in [6.07, 6.45) is 5.65. The second-order valence-electron chi connectivity index (χ2n) is 5.22. The van der Waals surface area contributed by atoms with Crippen LogP contribution in [0.3, 0.4) is 0 Å². The summed E-state index contributed by atoms with van der Waals surface area (Å²) in [5.41, 5.74) is 1.46. The van der Waals surface area contributed by atoms with Crippen molar-refractivity contribution in [3.05, 3.63) is 70.8 Å². The van der Waals surface area contributed by atoms with Crippen LogP contribution in [0, 0.1) is 0 Å². The van der Waals surface area contributed by atoms with E-state index < -0.39 is 5.97 Å². The van der Waals surface area contributed by atoms with E-state index in [1.807, 2.05) is 0 Å². The fourth-order valence-electron chi connectivity index (χ4n) is 1.96. The van der Waals surface area contributed by atoms with E-state index >= 15 is 0 Å². The maximum Gasteiger partial charge on any atom is 0.331 e. The number of esters is 1. The Morgan fingerprint density at radius 3 is 2.38 bits per heavy atom. The number of carbonyl (C=O) groups excluding carboxylic acids is 2. The molecule has 0 aliphatic heterocycles. The molecule has 2 aromatic carbocycles. The highest BCUT2D eigenvalue weighted by Gasteiger charge is 2.04. The van der Waals surface area contributed by atoms with Crippen molar-refractivity contribution in [1.82, 2.24) is 0 Å². The van der Waals surface area contributed by atoms with Crippen molar-refractivity contribution in [1.29, 1.82) is 0 Å². The lowest BCUT2D eigenvalue weighted by atomic mass is 10.1. The molecule has 5 nitrogen and oxygen atoms in total. The highest BCUT2D eigenvalue weighted by atomic mass is 35.5. The average Bonchev–Trinajstić information content (AvgIpc) is 2.65. The highest BCUT2D eigenvalue weighted by Crippen LogP contribution is 2.26. The highest BCUT2D eigenvalue weighted by molar-refractivity contribution is 6.30. The SMILES string of the molecule is COc1cc(/C=C/C(=O)COC(=O)/C=C/c2ccc(Cl)cc2)ccc1O. The van der Waals surface area contributed by atoms with Crippen LogP contribution in [-0.4, -0.2) is 30.6 Å². The van der Waals surface area contributed by atoms with Crippen molar-refractivity contribution in [2.45, 2.75) is 0 Å². The van der Waals surface area contributed by atoms with Gasteiger partial charge in [-0.2, -0.15) is 0 Å². The first-order chi connectivity index (χ1) is 12.5. The quantitative estimate of drug-likeness (QED) is 0.589. The van der Waals surface area contributed by atoms with E-state index in [1.165, 1.54) is 25.3 Å². The molecule has 0 atom stereocenters. The largest absolute Gasteiger partial charge is 0.504 e. The zero-order chi connectivity index (χ0) is 18.9. The number of ether oxygens (including phenoxy) is 2. The number of methoxy groups -OCH3 is 1. The van der Waals surface area contributed by atoms with Crippen molar-refractivity contribution >= 4 is 35.5 Å². The minimum absolute atomic E-state index is 0.0115. The maximum atomic E-state index is 11.8. The Kier molecular flexibility index (Phi) is 7.00. The third-order valence-electron chi connectivity index (χ3n) is 3.30. The summed E-state index contributed by atoms with van der Waals surface area (Å²) in [5.74, 6) is -0.672. The Morgan fingerprint density at radius 1 is 1.04 bits per heavy atom. The molecule has 0 fully saturated rings. The molecule has 0 heterocycles. The third kappa shape index (κ3) is 6.11. The number of phenolic OH excluding ortho intramolecular Hbond substituents is 1. The number of aromatic hydroxyl groups is 1. The van der Waals surface area contributed by atoms with Gasteiger partial charge < -0.3 is 14.6 Å². The Morgan fingerprint density at radius 2 is 1.69 bits per heavy atom. The zero-order valence-corrected chi connectivity index (χ0v) is 14.8. The third-order valence-corrected chi connectivity index (χ3v) is 3.56. The Bertz CT molecular complexity index is 838. The van der Waals surface area contributed by atoms with Gasteiger partial charge in [-0.05, 0) is 47.5 Å². The van der Waals surface area contributed by atoms with Gasteiger partial charge in [0.15, 0.2) is 23.9 Å². The van der Waals surface area contributed by atoms with E-state index in [2.05, 4.69) is 0 Å². The lowest BCUT2D eigenvalue weighted by Crippen LogP contribution is -2.09. The minimum atomic E-state index is -0.618. The van der Waals surface area contributed by atoms with Gasteiger partial charge in [-0.15, -0.1) is 0 Å². The summed E-state index contributed by atoms with van der Waals surface area (Å²) < 4.78 is 9.87. The molecule has 0 saturated carbocycles. The van der Waals surface area contributed by atoms with Gasteiger partial charge in [0.1, 0.15) is 0 Å². The molecular weight excluding hydrogens is 356 g/mol. The van der Waals surface area contributed by atoms with Gasteiger partial charge in [0.2, 0.25) is 0 Å². The minimum Gasteiger partial charge on any atom is -0.504 e. The number of hydrogen-bond donors (Lipinski definition) is 1. The van der Waals surface area contributed by atoms with Crippen molar-refractivity contribution in [2.24, 2.45) is 0 Å². The molecule has 2 rings (SSSR count). The summed E-state index contributed by atoms with van der Waals surface area (Å²) in [4.78, 5) is 23.4. The van der Waals surface area contributed by atoms with Crippen molar-refractivity contribution in [3.63, 3.8) is 0 Å². The normalized spacial score (nSPS) is 11.0. The molecule has 0 amide bonds. The standard InChI is InChI=1S/C20H17ClO5/c1-25-19-12-15(5-10-18(19)23)4-9-17(22)13-26-20(24)11-6-14-2-7-16(21)8-3-14/h2-12,23H,13H2,1H3/b9-4+,11-6+. The molecule has 1 N–H and O–H groups in total. The van der Waals surface area contributed by atoms with Crippen LogP contribution in [0.2, 0.25) is 5.02 Å². The number of hydrogen-bond acceptors (Lipinski definition) is 5. The zero-order valence-electron chi connectivity index (χ0n) is 14.0. The smallest absolute Gasteiger partial charge is 0.331 e. The average molecular weight is 373 g/mol. The number of phenols is 1. The van der Waals surface area contributed by atoms with Crippen molar-refractivity contribution in [3.8, 4) is 11.5 Å². The first-order valence-electron chi connectivity index (χ1n) is 7.66. The van der Waals surface area contributed by atoms with Crippen LogP contribution in [0.1, 0.15) is 11.1 Å². The lowest BCUT2D eigenvalue weighted by molar-refractivity contribution is -0.141. The van der Waals surface area contributed by atoms with Gasteiger partial charge in [-0.25, -0.2) is 4.79 Å². The van der Waals surface area contributed by atoms with E-state index in [0.29, 0.717) is 16.3 Å². The van der Waals surface area contributed by atoms with E-state index in [9.17, 15) is 14.7 Å². The number of halogens is 1. The van der Waals surface area contributed by atoms with Gasteiger partial charge in [0.05, 0.1) is 7.11 Å². The molecule has 0 unspecified atom stereocenters. The summed E-state index contributed by atoms with van der Waals surface area (Å²) >= 11 is 5.78. The molecule has 0 saturated heterocycles. The van der Waals surface area contributed by atoms with Gasteiger partial charge in [-0.3, -0.25) is 4.79 Å². The van der Waals surface area contributed by atoms with E-state index in [0.717, 1.165) is 5.56 Å². The molecular formula is C20H17ClO5. The van der Waals surface area contributed by atoms with Gasteiger partial charge in [0, 0.05) is 11.1 Å². The van der Waals surface area contributed by atoms with Gasteiger partial charge in [0.25, 0.3) is 0 Å². The molecule has 0 aromatic heterocycles. The lowest BCUT2D eigenvalue weighted by Gasteiger charge is -2.03. The van der Waals surface area contributed by atoms with Crippen LogP contribution in [-0.2, 0) is 14.3 Å².